The van der Waals surface area contributed by atoms with Gasteiger partial charge in [0.15, 0.2) is 0 Å². The van der Waals surface area contributed by atoms with Gasteiger partial charge >= 0.3 is 0 Å². The van der Waals surface area contributed by atoms with Crippen LogP contribution in [0.25, 0.3) is 10.9 Å². The zero-order valence-corrected chi connectivity index (χ0v) is 14.7. The van der Waals surface area contributed by atoms with Crippen LogP contribution in [0.2, 0.25) is 0 Å². The molecule has 0 saturated carbocycles. The summed E-state index contributed by atoms with van der Waals surface area (Å²) in [5.41, 5.74) is 2.19. The van der Waals surface area contributed by atoms with Crippen molar-refractivity contribution in [2.75, 3.05) is 26.2 Å². The third kappa shape index (κ3) is 3.48. The fraction of sp³-hybridized carbons (Fsp3) is 0.368. The number of aromatic amines is 1. The van der Waals surface area contributed by atoms with Gasteiger partial charge in [0.2, 0.25) is 0 Å². The average molecular weight is 356 g/mol. The Morgan fingerprint density at radius 2 is 2.12 bits per heavy atom. The SMILES string of the molecule is Cc1cc(CN2CCCN(C(=O)c3cc4cc(F)ccc4[nH]3)CC2)no1. The van der Waals surface area contributed by atoms with Crippen molar-refractivity contribution in [2.45, 2.75) is 19.9 Å². The molecule has 1 aromatic carbocycles. The molecule has 1 aliphatic heterocycles. The zero-order chi connectivity index (χ0) is 18.1. The molecular formula is C19H21FN4O2. The van der Waals surface area contributed by atoms with Gasteiger partial charge in [-0.25, -0.2) is 4.39 Å². The Hall–Kier alpha value is -2.67. The molecule has 1 amide bonds. The number of aryl methyl sites for hydroxylation is 1. The van der Waals surface area contributed by atoms with Gasteiger partial charge in [-0.05, 0) is 37.6 Å². The van der Waals surface area contributed by atoms with Crippen molar-refractivity contribution in [1.29, 1.82) is 0 Å². The quantitative estimate of drug-likeness (QED) is 0.784. The number of benzene rings is 1. The summed E-state index contributed by atoms with van der Waals surface area (Å²) in [6.45, 7) is 5.66. The molecule has 1 saturated heterocycles. The number of nitrogens with one attached hydrogen (secondary N) is 1. The normalized spacial score (nSPS) is 16.2. The molecule has 1 N–H and O–H groups in total. The number of amides is 1. The summed E-state index contributed by atoms with van der Waals surface area (Å²) in [6, 6.07) is 8.15. The summed E-state index contributed by atoms with van der Waals surface area (Å²) in [5, 5.41) is 4.75. The highest BCUT2D eigenvalue weighted by molar-refractivity contribution is 5.98. The maximum absolute atomic E-state index is 13.4. The van der Waals surface area contributed by atoms with E-state index in [0.717, 1.165) is 43.0 Å². The highest BCUT2D eigenvalue weighted by atomic mass is 19.1. The Labute approximate surface area is 150 Å². The van der Waals surface area contributed by atoms with E-state index in [1.165, 1.54) is 12.1 Å². The minimum atomic E-state index is -0.302. The molecular weight excluding hydrogens is 335 g/mol. The van der Waals surface area contributed by atoms with E-state index < -0.39 is 0 Å². The predicted molar refractivity (Wildman–Crippen MR) is 95.3 cm³/mol. The molecule has 0 atom stereocenters. The van der Waals surface area contributed by atoms with E-state index in [-0.39, 0.29) is 11.7 Å². The minimum Gasteiger partial charge on any atom is -0.361 e. The second-order valence-electron chi connectivity index (χ2n) is 6.77. The molecule has 3 aromatic rings. The summed E-state index contributed by atoms with van der Waals surface area (Å²) >= 11 is 0. The van der Waals surface area contributed by atoms with Crippen molar-refractivity contribution >= 4 is 16.8 Å². The standard InChI is InChI=1S/C19H21FN4O2/c1-13-9-16(22-26-13)12-23-5-2-6-24(8-7-23)19(25)18-11-14-10-15(20)3-4-17(14)21-18/h3-4,9-11,21H,2,5-8,12H2,1H3. The lowest BCUT2D eigenvalue weighted by atomic mass is 10.2. The van der Waals surface area contributed by atoms with E-state index in [0.29, 0.717) is 24.2 Å². The molecule has 136 valence electrons. The highest BCUT2D eigenvalue weighted by Crippen LogP contribution is 2.19. The number of rotatable bonds is 3. The fourth-order valence-electron chi connectivity index (χ4n) is 3.44. The second-order valence-corrected chi connectivity index (χ2v) is 6.77. The number of carbonyl (C=O) groups is 1. The van der Waals surface area contributed by atoms with Gasteiger partial charge in [-0.15, -0.1) is 0 Å². The lowest BCUT2D eigenvalue weighted by Gasteiger charge is -2.21. The molecule has 0 aliphatic carbocycles. The number of hydrogen-bond donors (Lipinski definition) is 1. The summed E-state index contributed by atoms with van der Waals surface area (Å²) in [5.74, 6) is 0.464. The van der Waals surface area contributed by atoms with Gasteiger partial charge < -0.3 is 14.4 Å². The van der Waals surface area contributed by atoms with Crippen LogP contribution in [-0.2, 0) is 6.54 Å². The first-order chi connectivity index (χ1) is 12.6. The van der Waals surface area contributed by atoms with Crippen LogP contribution in [0.3, 0.4) is 0 Å². The van der Waals surface area contributed by atoms with E-state index in [4.69, 9.17) is 4.52 Å². The number of H-pyrrole nitrogens is 1. The first-order valence-electron chi connectivity index (χ1n) is 8.80. The Bertz CT molecular complexity index is 933. The maximum Gasteiger partial charge on any atom is 0.270 e. The van der Waals surface area contributed by atoms with E-state index in [1.54, 1.807) is 12.1 Å². The summed E-state index contributed by atoms with van der Waals surface area (Å²) in [7, 11) is 0. The van der Waals surface area contributed by atoms with Crippen molar-refractivity contribution in [3.8, 4) is 0 Å². The number of halogens is 1. The summed E-state index contributed by atoms with van der Waals surface area (Å²) < 4.78 is 18.5. The van der Waals surface area contributed by atoms with Gasteiger partial charge in [-0.2, -0.15) is 0 Å². The smallest absolute Gasteiger partial charge is 0.270 e. The van der Waals surface area contributed by atoms with Gasteiger partial charge in [0.05, 0.1) is 5.69 Å². The number of aromatic nitrogens is 2. The van der Waals surface area contributed by atoms with Gasteiger partial charge in [0.1, 0.15) is 17.3 Å². The Kier molecular flexibility index (Phi) is 4.46. The van der Waals surface area contributed by atoms with E-state index in [9.17, 15) is 9.18 Å². The van der Waals surface area contributed by atoms with E-state index >= 15 is 0 Å². The van der Waals surface area contributed by atoms with Gasteiger partial charge in [0, 0.05) is 49.7 Å². The van der Waals surface area contributed by atoms with Crippen molar-refractivity contribution in [3.63, 3.8) is 0 Å². The maximum atomic E-state index is 13.4. The Balaban J connectivity index is 1.43. The number of carbonyl (C=O) groups excluding carboxylic acids is 1. The van der Waals surface area contributed by atoms with Crippen molar-refractivity contribution in [3.05, 3.63) is 53.3 Å². The van der Waals surface area contributed by atoms with Gasteiger partial charge in [0.25, 0.3) is 5.91 Å². The largest absolute Gasteiger partial charge is 0.361 e. The predicted octanol–water partition coefficient (Wildman–Crippen LogP) is 2.95. The van der Waals surface area contributed by atoms with Crippen LogP contribution in [0, 0.1) is 12.7 Å². The third-order valence-electron chi connectivity index (χ3n) is 4.75. The van der Waals surface area contributed by atoms with Crippen LogP contribution in [0.15, 0.2) is 34.9 Å². The first kappa shape index (κ1) is 16.8. The molecule has 0 unspecified atom stereocenters. The van der Waals surface area contributed by atoms with Gasteiger partial charge in [-0.1, -0.05) is 5.16 Å². The van der Waals surface area contributed by atoms with Gasteiger partial charge in [-0.3, -0.25) is 9.69 Å². The molecule has 1 aliphatic rings. The van der Waals surface area contributed by atoms with Crippen LogP contribution >= 0.6 is 0 Å². The van der Waals surface area contributed by atoms with Crippen molar-refractivity contribution in [2.24, 2.45) is 0 Å². The van der Waals surface area contributed by atoms with Crippen LogP contribution in [0.4, 0.5) is 4.39 Å². The third-order valence-corrected chi connectivity index (χ3v) is 4.75. The van der Waals surface area contributed by atoms with Crippen LogP contribution in [0.1, 0.15) is 28.4 Å². The molecule has 0 radical (unpaired) electrons. The molecule has 26 heavy (non-hydrogen) atoms. The molecule has 0 bridgehead atoms. The topological polar surface area (TPSA) is 65.4 Å². The lowest BCUT2D eigenvalue weighted by Crippen LogP contribution is -2.35. The minimum absolute atomic E-state index is 0.0410. The first-order valence-corrected chi connectivity index (χ1v) is 8.80. The van der Waals surface area contributed by atoms with E-state index in [2.05, 4.69) is 15.0 Å². The molecule has 4 rings (SSSR count). The number of fused-ring (bicyclic) bond motifs is 1. The summed E-state index contributed by atoms with van der Waals surface area (Å²) in [6.07, 6.45) is 0.900. The monoisotopic (exact) mass is 356 g/mol. The van der Waals surface area contributed by atoms with Crippen molar-refractivity contribution < 1.29 is 13.7 Å². The van der Waals surface area contributed by atoms with E-state index in [1.807, 2.05) is 17.9 Å². The fourth-order valence-corrected chi connectivity index (χ4v) is 3.44. The molecule has 3 heterocycles. The van der Waals surface area contributed by atoms with Crippen LogP contribution in [-0.4, -0.2) is 52.0 Å². The molecule has 0 spiro atoms. The Morgan fingerprint density at radius 1 is 1.23 bits per heavy atom. The Morgan fingerprint density at radius 3 is 2.92 bits per heavy atom. The molecule has 2 aromatic heterocycles. The highest BCUT2D eigenvalue weighted by Gasteiger charge is 2.22. The van der Waals surface area contributed by atoms with Crippen LogP contribution in [0.5, 0.6) is 0 Å². The molecule has 6 nitrogen and oxygen atoms in total. The summed E-state index contributed by atoms with van der Waals surface area (Å²) in [4.78, 5) is 20.1. The number of nitrogens with zero attached hydrogens (tertiary/aromatic N) is 3. The molecule has 1 fully saturated rings. The second kappa shape index (κ2) is 6.92. The average Bonchev–Trinajstić information content (AvgIpc) is 3.14. The van der Waals surface area contributed by atoms with Crippen molar-refractivity contribution in [1.82, 2.24) is 19.9 Å². The lowest BCUT2D eigenvalue weighted by molar-refractivity contribution is 0.0756. The zero-order valence-electron chi connectivity index (χ0n) is 14.7. The molecule has 7 heteroatoms. The van der Waals surface area contributed by atoms with Crippen LogP contribution < -0.4 is 0 Å². The number of hydrogen-bond acceptors (Lipinski definition) is 4.